The third-order valence-electron chi connectivity index (χ3n) is 4.47. The number of carbonyl (C=O) groups excluding carboxylic acids is 3. The molecule has 4 atom stereocenters. The smallest absolute Gasteiger partial charge is 0.334 e. The second-order valence-electron chi connectivity index (χ2n) is 6.81. The Labute approximate surface area is 183 Å². The number of fused-ring (bicyclic) bond motifs is 1. The molecule has 0 spiro atoms. The predicted octanol–water partition coefficient (Wildman–Crippen LogP) is 1.16. The highest BCUT2D eigenvalue weighted by Gasteiger charge is 2.73. The maximum Gasteiger partial charge on any atom is 0.334 e. The quantitative estimate of drug-likeness (QED) is 0.288. The van der Waals surface area contributed by atoms with E-state index in [1.807, 2.05) is 0 Å². The number of β-lactam (4-membered cyclic amide) rings is 1. The molecule has 3 rings (SSSR count). The number of aromatic nitrogens is 1. The predicted molar refractivity (Wildman–Crippen MR) is 106 cm³/mol. The number of amides is 2. The van der Waals surface area contributed by atoms with Gasteiger partial charge >= 0.3 is 5.97 Å². The molecule has 0 saturated carbocycles. The molecule has 2 fully saturated rings. The van der Waals surface area contributed by atoms with Crippen molar-refractivity contribution in [3.8, 4) is 0 Å². The van der Waals surface area contributed by atoms with Gasteiger partial charge in [0.1, 0.15) is 11.6 Å². The minimum absolute atomic E-state index is 0.0128. The van der Waals surface area contributed by atoms with E-state index in [0.29, 0.717) is 5.01 Å². The summed E-state index contributed by atoms with van der Waals surface area (Å²) in [5.74, 6) is -1.73. The largest absolute Gasteiger partial charge is 0.614 e. The summed E-state index contributed by atoms with van der Waals surface area (Å²) in [4.78, 5) is 42.5. The fraction of sp³-hybridized carbons (Fsp3) is 0.600. The molecule has 2 amide bonds. The first-order valence-corrected chi connectivity index (χ1v) is 11.3. The summed E-state index contributed by atoms with van der Waals surface area (Å²) < 4.78 is 15.0. The van der Waals surface area contributed by atoms with Crippen LogP contribution >= 0.6 is 46.1 Å². The third-order valence-corrected chi connectivity index (χ3v) is 7.77. The zero-order valence-electron chi connectivity index (χ0n) is 14.7. The molecular formula is C15H16Cl3N3O5S2. The molecule has 2 aliphatic heterocycles. The number of thiazole rings is 1. The topological polar surface area (TPSA) is 112 Å². The van der Waals surface area contributed by atoms with Gasteiger partial charge in [0.15, 0.2) is 16.8 Å². The van der Waals surface area contributed by atoms with Crippen molar-refractivity contribution in [1.29, 1.82) is 0 Å². The van der Waals surface area contributed by atoms with E-state index < -0.39 is 61.6 Å². The minimum Gasteiger partial charge on any atom is -0.614 e. The fourth-order valence-corrected chi connectivity index (χ4v) is 5.90. The van der Waals surface area contributed by atoms with Crippen LogP contribution in [0.2, 0.25) is 0 Å². The summed E-state index contributed by atoms with van der Waals surface area (Å²) in [7, 11) is 0. The van der Waals surface area contributed by atoms with Gasteiger partial charge in [-0.3, -0.25) is 14.5 Å². The van der Waals surface area contributed by atoms with E-state index in [1.165, 1.54) is 16.2 Å². The molecule has 3 heterocycles. The van der Waals surface area contributed by atoms with Crippen molar-refractivity contribution in [1.82, 2.24) is 15.2 Å². The van der Waals surface area contributed by atoms with Crippen LogP contribution in [0.5, 0.6) is 0 Å². The van der Waals surface area contributed by atoms with Gasteiger partial charge in [-0.1, -0.05) is 34.8 Å². The lowest BCUT2D eigenvalue weighted by molar-refractivity contribution is -0.164. The Bertz CT molecular complexity index is 786. The van der Waals surface area contributed by atoms with E-state index in [-0.39, 0.29) is 6.42 Å². The van der Waals surface area contributed by atoms with Gasteiger partial charge in [0.05, 0.1) is 6.42 Å². The number of esters is 1. The first-order valence-electron chi connectivity index (χ1n) is 8.07. The summed E-state index contributed by atoms with van der Waals surface area (Å²) in [6, 6.07) is -2.08. The summed E-state index contributed by atoms with van der Waals surface area (Å²) in [5, 5.41) is 4.10. The summed E-state index contributed by atoms with van der Waals surface area (Å²) in [5.41, 5.74) is 0. The van der Waals surface area contributed by atoms with Crippen LogP contribution < -0.4 is 5.32 Å². The zero-order chi connectivity index (χ0) is 20.9. The molecule has 0 aromatic carbocycles. The Kier molecular flexibility index (Phi) is 6.11. The number of rotatable bonds is 5. The molecule has 154 valence electrons. The van der Waals surface area contributed by atoms with Crippen LogP contribution in [-0.2, 0) is 36.7 Å². The van der Waals surface area contributed by atoms with E-state index in [0.717, 1.165) is 0 Å². The monoisotopic (exact) mass is 487 g/mol. The molecular weight excluding hydrogens is 473 g/mol. The van der Waals surface area contributed by atoms with Crippen molar-refractivity contribution >= 4 is 75.1 Å². The van der Waals surface area contributed by atoms with Crippen LogP contribution in [0, 0.1) is 0 Å². The minimum atomic E-state index is -1.80. The zero-order valence-corrected chi connectivity index (χ0v) is 18.6. The Morgan fingerprint density at radius 3 is 2.71 bits per heavy atom. The van der Waals surface area contributed by atoms with Crippen molar-refractivity contribution in [3.63, 3.8) is 0 Å². The van der Waals surface area contributed by atoms with Crippen molar-refractivity contribution in [2.75, 3.05) is 6.61 Å². The van der Waals surface area contributed by atoms with E-state index in [2.05, 4.69) is 10.3 Å². The molecule has 1 aromatic rings. The van der Waals surface area contributed by atoms with E-state index in [9.17, 15) is 18.9 Å². The second-order valence-corrected chi connectivity index (χ2v) is 12.4. The summed E-state index contributed by atoms with van der Waals surface area (Å²) >= 11 is 16.5. The maximum absolute atomic E-state index is 12.9. The van der Waals surface area contributed by atoms with Gasteiger partial charge in [-0.2, -0.15) is 0 Å². The van der Waals surface area contributed by atoms with Gasteiger partial charge in [0.2, 0.25) is 15.1 Å². The first-order chi connectivity index (χ1) is 12.9. The normalized spacial score (nSPS) is 28.5. The maximum atomic E-state index is 12.9. The summed E-state index contributed by atoms with van der Waals surface area (Å²) in [6.07, 6.45) is 1.59. The van der Waals surface area contributed by atoms with Crippen molar-refractivity contribution in [3.05, 3.63) is 16.6 Å². The number of ether oxygens (including phenoxy) is 1. The standard InChI is InChI=1S/C15H16Cl3N3O5S2/c1-14(2)10(13(24)26-6-15(16,17)18)21-11(23)9(12(21)28(14)25)20-7(22)5-8-19-3-4-27-8/h3-4,9-10,12H,5-6H2,1-2H3,(H,20,22)/t9-,10+,12-,28-/m1/s1. The van der Waals surface area contributed by atoms with E-state index >= 15 is 0 Å². The van der Waals surface area contributed by atoms with Gasteiger partial charge in [0, 0.05) is 11.6 Å². The van der Waals surface area contributed by atoms with Crippen molar-refractivity contribution < 1.29 is 23.7 Å². The molecule has 8 nitrogen and oxygen atoms in total. The Hall–Kier alpha value is -0.780. The van der Waals surface area contributed by atoms with Crippen LogP contribution in [0.4, 0.5) is 0 Å². The lowest BCUT2D eigenvalue weighted by Gasteiger charge is -2.41. The number of alkyl halides is 3. The Morgan fingerprint density at radius 2 is 2.14 bits per heavy atom. The number of carbonyl (C=O) groups is 3. The van der Waals surface area contributed by atoms with Gasteiger partial charge in [-0.05, 0) is 25.0 Å². The van der Waals surface area contributed by atoms with Crippen LogP contribution in [0.15, 0.2) is 11.6 Å². The van der Waals surface area contributed by atoms with Crippen LogP contribution in [0.25, 0.3) is 0 Å². The van der Waals surface area contributed by atoms with E-state index in [1.54, 1.807) is 25.4 Å². The van der Waals surface area contributed by atoms with Crippen molar-refractivity contribution in [2.45, 2.75) is 46.3 Å². The summed E-state index contributed by atoms with van der Waals surface area (Å²) in [6.45, 7) is 2.67. The molecule has 0 bridgehead atoms. The Morgan fingerprint density at radius 1 is 1.46 bits per heavy atom. The molecule has 1 aromatic heterocycles. The van der Waals surface area contributed by atoms with E-state index in [4.69, 9.17) is 39.5 Å². The van der Waals surface area contributed by atoms with Crippen LogP contribution in [-0.4, -0.2) is 64.8 Å². The molecule has 0 aliphatic carbocycles. The number of hydrogen-bond acceptors (Lipinski definition) is 7. The molecule has 13 heteroatoms. The number of halogens is 3. The van der Waals surface area contributed by atoms with Crippen LogP contribution in [0.3, 0.4) is 0 Å². The number of nitrogens with zero attached hydrogens (tertiary/aromatic N) is 2. The highest BCUT2D eigenvalue weighted by molar-refractivity contribution is 7.94. The number of nitrogens with one attached hydrogen (secondary N) is 1. The molecule has 0 radical (unpaired) electrons. The van der Waals surface area contributed by atoms with Gasteiger partial charge in [-0.25, -0.2) is 9.78 Å². The molecule has 28 heavy (non-hydrogen) atoms. The SMILES string of the molecule is CC1(C)[C@H](C(=O)OCC(Cl)(Cl)Cl)N2C(=O)[C@@H](NC(=O)Cc3nccs3)[C@H]2[S@@+]1[O-]. The van der Waals surface area contributed by atoms with Gasteiger partial charge in [-0.15, -0.1) is 11.3 Å². The van der Waals surface area contributed by atoms with Crippen molar-refractivity contribution in [2.24, 2.45) is 0 Å². The molecule has 0 unspecified atom stereocenters. The van der Waals surface area contributed by atoms with Gasteiger partial charge in [0.25, 0.3) is 5.91 Å². The number of hydrogen-bond donors (Lipinski definition) is 1. The third kappa shape index (κ3) is 4.08. The highest BCUT2D eigenvalue weighted by Crippen LogP contribution is 2.46. The first kappa shape index (κ1) is 21.9. The Balaban J connectivity index is 1.70. The average Bonchev–Trinajstić information content (AvgIpc) is 3.15. The van der Waals surface area contributed by atoms with Crippen LogP contribution in [0.1, 0.15) is 18.9 Å². The highest BCUT2D eigenvalue weighted by atomic mass is 35.6. The van der Waals surface area contributed by atoms with Gasteiger partial charge < -0.3 is 14.6 Å². The lowest BCUT2D eigenvalue weighted by atomic mass is 9.96. The fourth-order valence-electron chi connectivity index (χ4n) is 3.21. The molecule has 2 aliphatic rings. The average molecular weight is 489 g/mol. The molecule has 2 saturated heterocycles. The second kappa shape index (κ2) is 7.81. The molecule has 1 N–H and O–H groups in total. The lowest BCUT2D eigenvalue weighted by Crippen LogP contribution is -2.72.